The highest BCUT2D eigenvalue weighted by molar-refractivity contribution is 7.13. The number of rotatable bonds is 7. The lowest BCUT2D eigenvalue weighted by atomic mass is 10.0. The van der Waals surface area contributed by atoms with Gasteiger partial charge in [0.2, 0.25) is 5.91 Å². The summed E-state index contributed by atoms with van der Waals surface area (Å²) in [6, 6.07) is 2.62. The van der Waals surface area contributed by atoms with Gasteiger partial charge in [0.15, 0.2) is 5.13 Å². The standard InChI is InChI=1S/C17H25N7OS/c1-12(2)24(10-14(18)25)13-3-6-23(7-4-13)16-9-15(20-11-21-16)22-17-19-5-8-26-17/h5,8-9,11-13H,3-4,6-7,10H2,1-2H3,(H2,18,25)(H,19,20,21,22). The predicted molar refractivity (Wildman–Crippen MR) is 104 cm³/mol. The Kier molecular flexibility index (Phi) is 6.00. The lowest BCUT2D eigenvalue weighted by Crippen LogP contribution is -2.50. The van der Waals surface area contributed by atoms with E-state index in [0.29, 0.717) is 18.6 Å². The van der Waals surface area contributed by atoms with Crippen molar-refractivity contribution < 1.29 is 4.79 Å². The Morgan fingerprint density at radius 3 is 2.77 bits per heavy atom. The minimum Gasteiger partial charge on any atom is -0.369 e. The van der Waals surface area contributed by atoms with Gasteiger partial charge in [0.1, 0.15) is 18.0 Å². The molecular formula is C17H25N7OS. The molecule has 0 saturated carbocycles. The van der Waals surface area contributed by atoms with Crippen molar-refractivity contribution in [2.45, 2.75) is 38.8 Å². The maximum Gasteiger partial charge on any atom is 0.231 e. The van der Waals surface area contributed by atoms with Crippen LogP contribution in [-0.4, -0.2) is 57.5 Å². The number of nitrogens with one attached hydrogen (secondary N) is 1. The van der Waals surface area contributed by atoms with Crippen LogP contribution >= 0.6 is 11.3 Å². The first-order chi connectivity index (χ1) is 12.5. The first-order valence-corrected chi connectivity index (χ1v) is 9.68. The number of nitrogens with zero attached hydrogens (tertiary/aromatic N) is 5. The fraction of sp³-hybridized carbons (Fsp3) is 0.529. The van der Waals surface area contributed by atoms with E-state index in [1.54, 1.807) is 12.5 Å². The third-order valence-electron chi connectivity index (χ3n) is 4.58. The summed E-state index contributed by atoms with van der Waals surface area (Å²) in [4.78, 5) is 28.7. The maximum absolute atomic E-state index is 11.4. The highest BCUT2D eigenvalue weighted by Crippen LogP contribution is 2.24. The molecule has 0 radical (unpaired) electrons. The van der Waals surface area contributed by atoms with Gasteiger partial charge in [-0.25, -0.2) is 15.0 Å². The molecule has 0 spiro atoms. The normalized spacial score (nSPS) is 15.6. The number of amides is 1. The Labute approximate surface area is 157 Å². The second kappa shape index (κ2) is 8.41. The van der Waals surface area contributed by atoms with Crippen LogP contribution in [0.4, 0.5) is 16.8 Å². The van der Waals surface area contributed by atoms with Crippen LogP contribution < -0.4 is 16.0 Å². The molecule has 0 aromatic carbocycles. The van der Waals surface area contributed by atoms with Crippen LogP contribution in [0.25, 0.3) is 0 Å². The molecule has 3 rings (SSSR count). The highest BCUT2D eigenvalue weighted by atomic mass is 32.1. The number of carbonyl (C=O) groups excluding carboxylic acids is 1. The molecule has 1 fully saturated rings. The summed E-state index contributed by atoms with van der Waals surface area (Å²) in [7, 11) is 0. The van der Waals surface area contributed by atoms with Crippen molar-refractivity contribution in [3.05, 3.63) is 24.0 Å². The van der Waals surface area contributed by atoms with E-state index in [1.807, 2.05) is 11.4 Å². The maximum atomic E-state index is 11.4. The lowest BCUT2D eigenvalue weighted by molar-refractivity contribution is -0.120. The molecule has 1 amide bonds. The van der Waals surface area contributed by atoms with Gasteiger partial charge in [0, 0.05) is 42.8 Å². The molecule has 0 unspecified atom stereocenters. The molecule has 1 aliphatic rings. The second-order valence-corrected chi connectivity index (χ2v) is 7.57. The zero-order chi connectivity index (χ0) is 18.5. The molecule has 8 nitrogen and oxygen atoms in total. The minimum absolute atomic E-state index is 0.269. The van der Waals surface area contributed by atoms with Crippen LogP contribution in [-0.2, 0) is 4.79 Å². The van der Waals surface area contributed by atoms with Crippen LogP contribution in [0.5, 0.6) is 0 Å². The number of primary amides is 1. The van der Waals surface area contributed by atoms with Gasteiger partial charge in [-0.2, -0.15) is 0 Å². The summed E-state index contributed by atoms with van der Waals surface area (Å²) in [5.74, 6) is 1.38. The van der Waals surface area contributed by atoms with Crippen molar-refractivity contribution in [1.29, 1.82) is 0 Å². The molecule has 3 N–H and O–H groups in total. The van der Waals surface area contributed by atoms with E-state index in [-0.39, 0.29) is 5.91 Å². The number of carbonyl (C=O) groups is 1. The molecule has 1 saturated heterocycles. The van der Waals surface area contributed by atoms with Gasteiger partial charge in [-0.1, -0.05) is 0 Å². The lowest BCUT2D eigenvalue weighted by Gasteiger charge is -2.40. The Morgan fingerprint density at radius 2 is 2.15 bits per heavy atom. The second-order valence-electron chi connectivity index (χ2n) is 6.67. The van der Waals surface area contributed by atoms with E-state index in [1.165, 1.54) is 11.3 Å². The van der Waals surface area contributed by atoms with Crippen molar-refractivity contribution in [3.63, 3.8) is 0 Å². The fourth-order valence-electron chi connectivity index (χ4n) is 3.32. The number of piperidine rings is 1. The molecule has 1 aliphatic heterocycles. The van der Waals surface area contributed by atoms with E-state index in [2.05, 4.69) is 43.9 Å². The molecule has 26 heavy (non-hydrogen) atoms. The van der Waals surface area contributed by atoms with Crippen LogP contribution in [0.1, 0.15) is 26.7 Å². The molecule has 2 aromatic heterocycles. The van der Waals surface area contributed by atoms with E-state index in [0.717, 1.165) is 42.7 Å². The summed E-state index contributed by atoms with van der Waals surface area (Å²) in [5.41, 5.74) is 5.41. The average Bonchev–Trinajstić information content (AvgIpc) is 3.13. The van der Waals surface area contributed by atoms with E-state index >= 15 is 0 Å². The molecule has 3 heterocycles. The van der Waals surface area contributed by atoms with Crippen LogP contribution in [0.3, 0.4) is 0 Å². The van der Waals surface area contributed by atoms with Gasteiger partial charge in [-0.3, -0.25) is 9.69 Å². The number of aromatic nitrogens is 3. The number of anilines is 3. The zero-order valence-corrected chi connectivity index (χ0v) is 15.9. The Hall–Kier alpha value is -2.26. The van der Waals surface area contributed by atoms with Crippen LogP contribution in [0, 0.1) is 0 Å². The average molecular weight is 376 g/mol. The Morgan fingerprint density at radius 1 is 1.38 bits per heavy atom. The van der Waals surface area contributed by atoms with Crippen molar-refractivity contribution in [3.8, 4) is 0 Å². The van der Waals surface area contributed by atoms with Gasteiger partial charge < -0.3 is 16.0 Å². The SMILES string of the molecule is CC(C)N(CC(N)=O)C1CCN(c2cc(Nc3nccs3)ncn2)CC1. The summed E-state index contributed by atoms with van der Waals surface area (Å²) in [6.45, 7) is 6.31. The molecule has 0 bridgehead atoms. The molecular weight excluding hydrogens is 350 g/mol. The molecule has 2 aromatic rings. The molecule has 0 atom stereocenters. The molecule has 9 heteroatoms. The molecule has 140 valence electrons. The zero-order valence-electron chi connectivity index (χ0n) is 15.1. The Balaban J connectivity index is 1.61. The molecule has 0 aliphatic carbocycles. The largest absolute Gasteiger partial charge is 0.369 e. The first-order valence-electron chi connectivity index (χ1n) is 8.80. The van der Waals surface area contributed by atoms with Gasteiger partial charge in [0.25, 0.3) is 0 Å². The number of nitrogens with two attached hydrogens (primary N) is 1. The minimum atomic E-state index is -0.269. The summed E-state index contributed by atoms with van der Waals surface area (Å²) < 4.78 is 0. The van der Waals surface area contributed by atoms with Gasteiger partial charge in [0.05, 0.1) is 6.54 Å². The van der Waals surface area contributed by atoms with Crippen molar-refractivity contribution >= 4 is 34.0 Å². The van der Waals surface area contributed by atoms with Crippen molar-refractivity contribution in [1.82, 2.24) is 19.9 Å². The number of thiazole rings is 1. The van der Waals surface area contributed by atoms with Gasteiger partial charge in [-0.15, -0.1) is 11.3 Å². The topological polar surface area (TPSA) is 100 Å². The Bertz CT molecular complexity index is 714. The van der Waals surface area contributed by atoms with Crippen LogP contribution in [0.15, 0.2) is 24.0 Å². The summed E-state index contributed by atoms with van der Waals surface area (Å²) in [5, 5.41) is 5.93. The van der Waals surface area contributed by atoms with E-state index in [4.69, 9.17) is 5.73 Å². The summed E-state index contributed by atoms with van der Waals surface area (Å²) in [6.07, 6.45) is 5.28. The van der Waals surface area contributed by atoms with Crippen LogP contribution in [0.2, 0.25) is 0 Å². The van der Waals surface area contributed by atoms with E-state index < -0.39 is 0 Å². The highest BCUT2D eigenvalue weighted by Gasteiger charge is 2.27. The van der Waals surface area contributed by atoms with Gasteiger partial charge in [-0.05, 0) is 26.7 Å². The van der Waals surface area contributed by atoms with E-state index in [9.17, 15) is 4.79 Å². The fourth-order valence-corrected chi connectivity index (χ4v) is 3.86. The number of hydrogen-bond acceptors (Lipinski definition) is 8. The first kappa shape index (κ1) is 18.5. The predicted octanol–water partition coefficient (Wildman–Crippen LogP) is 1.84. The number of hydrogen-bond donors (Lipinski definition) is 2. The van der Waals surface area contributed by atoms with Crippen molar-refractivity contribution in [2.24, 2.45) is 5.73 Å². The smallest absolute Gasteiger partial charge is 0.231 e. The van der Waals surface area contributed by atoms with Gasteiger partial charge >= 0.3 is 0 Å². The summed E-state index contributed by atoms with van der Waals surface area (Å²) >= 11 is 1.53. The monoisotopic (exact) mass is 375 g/mol. The van der Waals surface area contributed by atoms with Crippen molar-refractivity contribution in [2.75, 3.05) is 29.9 Å². The third-order valence-corrected chi connectivity index (χ3v) is 5.27. The third kappa shape index (κ3) is 4.67. The quantitative estimate of drug-likeness (QED) is 0.761.